The fourth-order valence-electron chi connectivity index (χ4n) is 4.47. The number of aromatic nitrogens is 1. The highest BCUT2D eigenvalue weighted by Crippen LogP contribution is 2.27. The van der Waals surface area contributed by atoms with Crippen LogP contribution in [0.4, 0.5) is 0 Å². The molecular formula is C28H30N2O4S2. The van der Waals surface area contributed by atoms with Gasteiger partial charge in [-0.3, -0.25) is 4.79 Å². The zero-order valence-electron chi connectivity index (χ0n) is 20.4. The molecule has 0 bridgehead atoms. The van der Waals surface area contributed by atoms with Gasteiger partial charge in [-0.1, -0.05) is 71.9 Å². The van der Waals surface area contributed by atoms with Crippen LogP contribution in [0.5, 0.6) is 0 Å². The summed E-state index contributed by atoms with van der Waals surface area (Å²) in [6, 6.07) is 14.7. The average molecular weight is 523 g/mol. The van der Waals surface area contributed by atoms with Crippen molar-refractivity contribution in [1.29, 1.82) is 0 Å². The number of amides is 1. The Bertz CT molecular complexity index is 1270. The number of aliphatic hydroxyl groups is 1. The minimum Gasteiger partial charge on any atom is -0.476 e. The standard InChI is InChI=1S/C28H30N2O4S2/c1-18-6-10-24(19(2)14-18)21-5-3-4-20(15-21)16-23(31)9-7-22-8-11-26(32)30(22)12-13-35-28-29-25(17-36-28)27(33)34/h3-7,9-10,14-15,17,22-23,31H,8,11-13,16H2,1-2H3,(H,33,34)/t22-,23+/m0/s1. The molecule has 0 saturated carbocycles. The van der Waals surface area contributed by atoms with E-state index < -0.39 is 12.1 Å². The molecule has 3 aromatic rings. The van der Waals surface area contributed by atoms with Gasteiger partial charge in [0.05, 0.1) is 12.1 Å². The van der Waals surface area contributed by atoms with Crippen molar-refractivity contribution < 1.29 is 19.8 Å². The van der Waals surface area contributed by atoms with Crippen LogP contribution in [0.25, 0.3) is 11.1 Å². The molecule has 1 saturated heterocycles. The van der Waals surface area contributed by atoms with Crippen LogP contribution >= 0.6 is 23.1 Å². The first-order valence-corrected chi connectivity index (χ1v) is 13.8. The SMILES string of the molecule is Cc1ccc(-c2cccc(C[C@H](O)C=C[C@H]3CCC(=O)N3CCSc3nc(C(=O)O)cs3)c2)c(C)c1. The van der Waals surface area contributed by atoms with Gasteiger partial charge in [0.1, 0.15) is 0 Å². The summed E-state index contributed by atoms with van der Waals surface area (Å²) in [5, 5.41) is 21.2. The van der Waals surface area contributed by atoms with Crippen molar-refractivity contribution in [3.8, 4) is 11.1 Å². The van der Waals surface area contributed by atoms with Gasteiger partial charge in [0.2, 0.25) is 5.91 Å². The number of thiazole rings is 1. The fraction of sp³-hybridized carbons (Fsp3) is 0.321. The zero-order chi connectivity index (χ0) is 25.7. The minimum absolute atomic E-state index is 0.0415. The Labute approximate surface area is 219 Å². The number of carboxylic acid groups (broad SMARTS) is 1. The molecule has 1 fully saturated rings. The number of carboxylic acids is 1. The number of hydrogen-bond donors (Lipinski definition) is 2. The van der Waals surface area contributed by atoms with E-state index in [0.717, 1.165) is 17.5 Å². The second-order valence-corrected chi connectivity index (χ2v) is 11.2. The minimum atomic E-state index is -1.03. The maximum Gasteiger partial charge on any atom is 0.355 e. The molecule has 8 heteroatoms. The average Bonchev–Trinajstić information content (AvgIpc) is 3.45. The third-order valence-electron chi connectivity index (χ3n) is 6.25. The van der Waals surface area contributed by atoms with E-state index in [9.17, 15) is 14.7 Å². The molecule has 1 aliphatic heterocycles. The Balaban J connectivity index is 1.33. The summed E-state index contributed by atoms with van der Waals surface area (Å²) in [4.78, 5) is 29.3. The molecule has 1 amide bonds. The molecule has 1 aliphatic rings. The first-order valence-electron chi connectivity index (χ1n) is 11.9. The summed E-state index contributed by atoms with van der Waals surface area (Å²) in [6.45, 7) is 4.75. The topological polar surface area (TPSA) is 90.7 Å². The highest BCUT2D eigenvalue weighted by atomic mass is 32.2. The second kappa shape index (κ2) is 11.9. The highest BCUT2D eigenvalue weighted by molar-refractivity contribution is 8.01. The van der Waals surface area contributed by atoms with E-state index >= 15 is 0 Å². The highest BCUT2D eigenvalue weighted by Gasteiger charge is 2.28. The van der Waals surface area contributed by atoms with E-state index in [4.69, 9.17) is 5.11 Å². The number of aryl methyl sites for hydroxylation is 2. The first kappa shape index (κ1) is 26.1. The molecule has 0 aliphatic carbocycles. The van der Waals surface area contributed by atoms with Crippen LogP contribution < -0.4 is 0 Å². The van der Waals surface area contributed by atoms with Gasteiger partial charge in [-0.2, -0.15) is 0 Å². The van der Waals surface area contributed by atoms with Crippen molar-refractivity contribution in [1.82, 2.24) is 9.88 Å². The molecule has 2 aromatic carbocycles. The number of carbonyl (C=O) groups is 2. The molecule has 4 rings (SSSR count). The number of rotatable bonds is 10. The van der Waals surface area contributed by atoms with Gasteiger partial charge in [-0.05, 0) is 42.5 Å². The lowest BCUT2D eigenvalue weighted by Crippen LogP contribution is -2.33. The third kappa shape index (κ3) is 6.63. The van der Waals surface area contributed by atoms with E-state index in [1.165, 1.54) is 45.2 Å². The number of benzene rings is 2. The van der Waals surface area contributed by atoms with Crippen molar-refractivity contribution in [3.05, 3.63) is 82.4 Å². The van der Waals surface area contributed by atoms with Crippen LogP contribution in [0.15, 0.2) is 64.3 Å². The van der Waals surface area contributed by atoms with Gasteiger partial charge in [0, 0.05) is 30.5 Å². The molecule has 2 atom stereocenters. The fourth-order valence-corrected chi connectivity index (χ4v) is 6.28. The molecule has 0 spiro atoms. The normalized spacial score (nSPS) is 16.7. The molecule has 6 nitrogen and oxygen atoms in total. The number of thioether (sulfide) groups is 1. The summed E-state index contributed by atoms with van der Waals surface area (Å²) in [7, 11) is 0. The monoisotopic (exact) mass is 522 g/mol. The predicted molar refractivity (Wildman–Crippen MR) is 145 cm³/mol. The number of aromatic carboxylic acids is 1. The predicted octanol–water partition coefficient (Wildman–Crippen LogP) is 5.37. The lowest BCUT2D eigenvalue weighted by Gasteiger charge is -2.22. The molecule has 0 radical (unpaired) electrons. The van der Waals surface area contributed by atoms with Gasteiger partial charge >= 0.3 is 5.97 Å². The molecule has 1 aromatic heterocycles. The van der Waals surface area contributed by atoms with E-state index in [1.807, 2.05) is 23.1 Å². The van der Waals surface area contributed by atoms with Crippen LogP contribution in [0.3, 0.4) is 0 Å². The summed E-state index contributed by atoms with van der Waals surface area (Å²) in [5.74, 6) is -0.295. The van der Waals surface area contributed by atoms with Gasteiger partial charge in [-0.25, -0.2) is 9.78 Å². The lowest BCUT2D eigenvalue weighted by atomic mass is 9.96. The molecule has 2 heterocycles. The van der Waals surface area contributed by atoms with Crippen molar-refractivity contribution >= 4 is 35.0 Å². The maximum atomic E-state index is 12.4. The Morgan fingerprint density at radius 1 is 1.28 bits per heavy atom. The van der Waals surface area contributed by atoms with Crippen LogP contribution in [0.2, 0.25) is 0 Å². The molecule has 188 valence electrons. The summed E-state index contributed by atoms with van der Waals surface area (Å²) >= 11 is 2.75. The van der Waals surface area contributed by atoms with Gasteiger partial charge < -0.3 is 15.1 Å². The number of hydrogen-bond acceptors (Lipinski definition) is 6. The molecule has 36 heavy (non-hydrogen) atoms. The van der Waals surface area contributed by atoms with Gasteiger partial charge in [0.25, 0.3) is 0 Å². The van der Waals surface area contributed by atoms with Crippen LogP contribution in [-0.4, -0.2) is 56.4 Å². The van der Waals surface area contributed by atoms with Crippen LogP contribution in [0, 0.1) is 13.8 Å². The van der Waals surface area contributed by atoms with E-state index in [0.29, 0.717) is 29.5 Å². The number of aliphatic hydroxyl groups excluding tert-OH is 1. The number of likely N-dealkylation sites (tertiary alicyclic amines) is 1. The molecule has 0 unspecified atom stereocenters. The van der Waals surface area contributed by atoms with Gasteiger partial charge in [0.15, 0.2) is 10.0 Å². The summed E-state index contributed by atoms with van der Waals surface area (Å²) < 4.78 is 0.685. The molecular weight excluding hydrogens is 492 g/mol. The largest absolute Gasteiger partial charge is 0.476 e. The Morgan fingerprint density at radius 3 is 2.86 bits per heavy atom. The summed E-state index contributed by atoms with van der Waals surface area (Å²) in [6.07, 6.45) is 4.83. The molecule has 2 N–H and O–H groups in total. The number of nitrogens with zero attached hydrogens (tertiary/aromatic N) is 2. The Morgan fingerprint density at radius 2 is 2.11 bits per heavy atom. The zero-order valence-corrected chi connectivity index (χ0v) is 22.0. The van der Waals surface area contributed by atoms with E-state index in [2.05, 4.69) is 49.2 Å². The smallest absolute Gasteiger partial charge is 0.355 e. The van der Waals surface area contributed by atoms with E-state index in [-0.39, 0.29) is 17.6 Å². The first-order chi connectivity index (χ1) is 17.3. The summed E-state index contributed by atoms with van der Waals surface area (Å²) in [5.41, 5.74) is 5.92. The van der Waals surface area contributed by atoms with Crippen LogP contribution in [0.1, 0.15) is 40.0 Å². The Hall–Kier alpha value is -2.94. The van der Waals surface area contributed by atoms with Crippen molar-refractivity contribution in [2.45, 2.75) is 49.6 Å². The second-order valence-electron chi connectivity index (χ2n) is 9.02. The van der Waals surface area contributed by atoms with E-state index in [1.54, 1.807) is 6.08 Å². The number of carbonyl (C=O) groups excluding carboxylic acids is 1. The van der Waals surface area contributed by atoms with Crippen molar-refractivity contribution in [2.75, 3.05) is 12.3 Å². The maximum absolute atomic E-state index is 12.4. The third-order valence-corrected chi connectivity index (χ3v) is 8.26. The van der Waals surface area contributed by atoms with Crippen molar-refractivity contribution in [2.24, 2.45) is 0 Å². The quantitative estimate of drug-likeness (QED) is 0.275. The Kier molecular flexibility index (Phi) is 8.61. The van der Waals surface area contributed by atoms with Gasteiger partial charge in [-0.15, -0.1) is 11.3 Å². The lowest BCUT2D eigenvalue weighted by molar-refractivity contribution is -0.128. The van der Waals surface area contributed by atoms with Crippen molar-refractivity contribution in [3.63, 3.8) is 0 Å². The van der Waals surface area contributed by atoms with Crippen LogP contribution in [-0.2, 0) is 11.2 Å².